The van der Waals surface area contributed by atoms with Crippen molar-refractivity contribution in [2.24, 2.45) is 0 Å². The Kier molecular flexibility index (Phi) is 4.66. The number of H-pyrrole nitrogens is 1. The smallest absolute Gasteiger partial charge is 0.391 e. The van der Waals surface area contributed by atoms with Crippen LogP contribution in [0.5, 0.6) is 0 Å². The van der Waals surface area contributed by atoms with Gasteiger partial charge in [-0.2, -0.15) is 13.2 Å². The molecule has 1 atom stereocenters. The van der Waals surface area contributed by atoms with Gasteiger partial charge in [0.2, 0.25) is 5.16 Å². The third kappa shape index (κ3) is 4.53. The average Bonchev–Trinajstić information content (AvgIpc) is 2.84. The molecule has 0 fully saturated rings. The van der Waals surface area contributed by atoms with Gasteiger partial charge in [-0.25, -0.2) is 4.98 Å². The lowest BCUT2D eigenvalue weighted by Crippen LogP contribution is -2.21. The number of aliphatic hydroxyl groups excluding tert-OH is 1. The molecule has 2 rings (SSSR count). The number of nitrogens with zero attached hydrogens (tertiary/aromatic N) is 2. The number of nitrogens with one attached hydrogen (secondary N) is 1. The number of rotatable bonds is 5. The molecule has 108 valence electrons. The molecule has 0 amide bonds. The van der Waals surface area contributed by atoms with Crippen LogP contribution in [0.25, 0.3) is 11.4 Å². The van der Waals surface area contributed by atoms with Crippen LogP contribution in [0.1, 0.15) is 6.42 Å². The van der Waals surface area contributed by atoms with Crippen molar-refractivity contribution in [3.8, 4) is 11.4 Å². The summed E-state index contributed by atoms with van der Waals surface area (Å²) < 4.78 is 36.2. The number of aromatic amines is 1. The van der Waals surface area contributed by atoms with E-state index >= 15 is 0 Å². The molecule has 0 aliphatic rings. The molecule has 1 aromatic carbocycles. The van der Waals surface area contributed by atoms with Crippen molar-refractivity contribution in [2.45, 2.75) is 23.9 Å². The Bertz CT molecular complexity index is 544. The van der Waals surface area contributed by atoms with Gasteiger partial charge < -0.3 is 5.11 Å². The summed E-state index contributed by atoms with van der Waals surface area (Å²) in [6, 6.07) is 9.24. The lowest BCUT2D eigenvalue weighted by Gasteiger charge is -2.11. The molecule has 0 saturated heterocycles. The fraction of sp³-hybridized carbons (Fsp3) is 0.333. The van der Waals surface area contributed by atoms with Gasteiger partial charge in [0.15, 0.2) is 5.82 Å². The lowest BCUT2D eigenvalue weighted by molar-refractivity contribution is -0.150. The van der Waals surface area contributed by atoms with Crippen LogP contribution in [0, 0.1) is 0 Å². The van der Waals surface area contributed by atoms with Crippen LogP contribution in [0.3, 0.4) is 0 Å². The van der Waals surface area contributed by atoms with Crippen molar-refractivity contribution in [1.29, 1.82) is 0 Å². The van der Waals surface area contributed by atoms with Gasteiger partial charge in [-0.3, -0.25) is 5.10 Å². The minimum absolute atomic E-state index is 0.106. The first-order valence-electron chi connectivity index (χ1n) is 5.79. The van der Waals surface area contributed by atoms with Gasteiger partial charge in [0, 0.05) is 11.3 Å². The second kappa shape index (κ2) is 6.27. The van der Waals surface area contributed by atoms with Crippen LogP contribution in [0.2, 0.25) is 0 Å². The summed E-state index contributed by atoms with van der Waals surface area (Å²) in [5.74, 6) is 0.435. The summed E-state index contributed by atoms with van der Waals surface area (Å²) in [4.78, 5) is 4.15. The molecule has 1 unspecified atom stereocenters. The molecule has 2 aromatic rings. The van der Waals surface area contributed by atoms with Crippen molar-refractivity contribution in [2.75, 3.05) is 5.75 Å². The summed E-state index contributed by atoms with van der Waals surface area (Å²) in [6.07, 6.45) is -7.05. The summed E-state index contributed by atoms with van der Waals surface area (Å²) in [5, 5.41) is 16.2. The monoisotopic (exact) mass is 303 g/mol. The molecular formula is C12H12F3N3OS. The number of alkyl halides is 3. The SMILES string of the molecule is OC(CSc1n[nH]c(-c2ccccc2)n1)CC(F)(F)F. The van der Waals surface area contributed by atoms with Crippen molar-refractivity contribution in [3.63, 3.8) is 0 Å². The van der Waals surface area contributed by atoms with Gasteiger partial charge >= 0.3 is 6.18 Å². The van der Waals surface area contributed by atoms with Gasteiger partial charge in [-0.05, 0) is 0 Å². The molecule has 4 nitrogen and oxygen atoms in total. The molecule has 8 heteroatoms. The summed E-state index contributed by atoms with van der Waals surface area (Å²) in [7, 11) is 0. The summed E-state index contributed by atoms with van der Waals surface area (Å²) in [6.45, 7) is 0. The third-order valence-electron chi connectivity index (χ3n) is 2.38. The molecule has 0 spiro atoms. The normalized spacial score (nSPS) is 13.4. The maximum atomic E-state index is 12.1. The molecule has 20 heavy (non-hydrogen) atoms. The highest BCUT2D eigenvalue weighted by Crippen LogP contribution is 2.25. The Morgan fingerprint density at radius 3 is 2.60 bits per heavy atom. The van der Waals surface area contributed by atoms with Gasteiger partial charge in [-0.15, -0.1) is 5.10 Å². The van der Waals surface area contributed by atoms with Crippen molar-refractivity contribution < 1.29 is 18.3 Å². The first-order valence-corrected chi connectivity index (χ1v) is 6.78. The lowest BCUT2D eigenvalue weighted by atomic mass is 10.2. The van der Waals surface area contributed by atoms with Gasteiger partial charge in [-0.1, -0.05) is 42.1 Å². The molecule has 0 bridgehead atoms. The Morgan fingerprint density at radius 1 is 1.25 bits per heavy atom. The average molecular weight is 303 g/mol. The zero-order chi connectivity index (χ0) is 14.6. The van der Waals surface area contributed by atoms with Crippen LogP contribution < -0.4 is 0 Å². The number of thioether (sulfide) groups is 1. The molecule has 0 saturated carbocycles. The number of halogens is 3. The Hall–Kier alpha value is -1.54. The number of hydrogen-bond donors (Lipinski definition) is 2. The number of aromatic nitrogens is 3. The number of aliphatic hydroxyl groups is 1. The minimum atomic E-state index is -4.37. The van der Waals surface area contributed by atoms with Crippen molar-refractivity contribution >= 4 is 11.8 Å². The van der Waals surface area contributed by atoms with Crippen LogP contribution in [0.15, 0.2) is 35.5 Å². The second-order valence-electron chi connectivity index (χ2n) is 4.12. The van der Waals surface area contributed by atoms with Crippen LogP contribution >= 0.6 is 11.8 Å². The van der Waals surface area contributed by atoms with Crippen molar-refractivity contribution in [1.82, 2.24) is 15.2 Å². The van der Waals surface area contributed by atoms with E-state index < -0.39 is 18.7 Å². The van der Waals surface area contributed by atoms with Crippen LogP contribution in [-0.2, 0) is 0 Å². The maximum Gasteiger partial charge on any atom is 0.391 e. The van der Waals surface area contributed by atoms with Crippen LogP contribution in [-0.4, -0.2) is 38.3 Å². The van der Waals surface area contributed by atoms with E-state index in [0.717, 1.165) is 17.3 Å². The second-order valence-corrected chi connectivity index (χ2v) is 5.10. The summed E-state index contributed by atoms with van der Waals surface area (Å²) in [5.41, 5.74) is 0.836. The zero-order valence-corrected chi connectivity index (χ0v) is 11.1. The van der Waals surface area contributed by atoms with E-state index in [0.29, 0.717) is 11.0 Å². The summed E-state index contributed by atoms with van der Waals surface area (Å²) >= 11 is 0.981. The fourth-order valence-corrected chi connectivity index (χ4v) is 2.26. The molecule has 0 radical (unpaired) electrons. The number of benzene rings is 1. The molecule has 1 aromatic heterocycles. The Balaban J connectivity index is 1.91. The first-order chi connectivity index (χ1) is 9.44. The van der Waals surface area contributed by atoms with E-state index in [1.807, 2.05) is 30.3 Å². The Morgan fingerprint density at radius 2 is 1.95 bits per heavy atom. The standard InChI is InChI=1S/C12H12F3N3OS/c13-12(14,15)6-9(19)7-20-11-16-10(17-18-11)8-4-2-1-3-5-8/h1-5,9,19H,6-7H2,(H,16,17,18). The number of hydrogen-bond acceptors (Lipinski definition) is 4. The highest BCUT2D eigenvalue weighted by molar-refractivity contribution is 7.99. The van der Waals surface area contributed by atoms with Gasteiger partial charge in [0.05, 0.1) is 12.5 Å². The fourth-order valence-electron chi connectivity index (χ4n) is 1.53. The molecular weight excluding hydrogens is 291 g/mol. The van der Waals surface area contributed by atoms with Gasteiger partial charge in [0.25, 0.3) is 0 Å². The molecule has 2 N–H and O–H groups in total. The topological polar surface area (TPSA) is 61.8 Å². The van der Waals surface area contributed by atoms with Gasteiger partial charge in [0.1, 0.15) is 0 Å². The van der Waals surface area contributed by atoms with E-state index in [9.17, 15) is 18.3 Å². The predicted octanol–water partition coefficient (Wildman–Crippen LogP) is 2.88. The quantitative estimate of drug-likeness (QED) is 0.834. The largest absolute Gasteiger partial charge is 0.392 e. The van der Waals surface area contributed by atoms with E-state index in [4.69, 9.17) is 0 Å². The zero-order valence-electron chi connectivity index (χ0n) is 10.3. The predicted molar refractivity (Wildman–Crippen MR) is 69.2 cm³/mol. The first kappa shape index (κ1) is 14.9. The third-order valence-corrected chi connectivity index (χ3v) is 3.38. The molecule has 0 aliphatic heterocycles. The maximum absolute atomic E-state index is 12.1. The molecule has 0 aliphatic carbocycles. The molecule has 1 heterocycles. The van der Waals surface area contributed by atoms with E-state index in [1.54, 1.807) is 0 Å². The van der Waals surface area contributed by atoms with Crippen molar-refractivity contribution in [3.05, 3.63) is 30.3 Å². The van der Waals surface area contributed by atoms with Crippen LogP contribution in [0.4, 0.5) is 13.2 Å². The Labute approximate surface area is 117 Å². The minimum Gasteiger partial charge on any atom is -0.392 e. The van der Waals surface area contributed by atoms with E-state index in [1.165, 1.54) is 0 Å². The van der Waals surface area contributed by atoms with E-state index in [2.05, 4.69) is 15.2 Å². The highest BCUT2D eigenvalue weighted by atomic mass is 32.2. The van der Waals surface area contributed by atoms with E-state index in [-0.39, 0.29) is 5.75 Å². The highest BCUT2D eigenvalue weighted by Gasteiger charge is 2.31.